The van der Waals surface area contributed by atoms with Crippen molar-refractivity contribution in [3.63, 3.8) is 0 Å². The Labute approximate surface area is 99.0 Å². The number of amides is 2. The van der Waals surface area contributed by atoms with Gasteiger partial charge in [-0.15, -0.1) is 0 Å². The molecule has 0 saturated carbocycles. The number of methoxy groups -OCH3 is 1. The highest BCUT2D eigenvalue weighted by Crippen LogP contribution is 2.14. The molecule has 0 aliphatic heterocycles. The van der Waals surface area contributed by atoms with Gasteiger partial charge in [-0.1, -0.05) is 12.2 Å². The highest BCUT2D eigenvalue weighted by atomic mass is 32.1. The van der Waals surface area contributed by atoms with Crippen molar-refractivity contribution in [1.29, 1.82) is 0 Å². The Morgan fingerprint density at radius 1 is 1.44 bits per heavy atom. The zero-order chi connectivity index (χ0) is 12.0. The van der Waals surface area contributed by atoms with Gasteiger partial charge < -0.3 is 21.1 Å². The summed E-state index contributed by atoms with van der Waals surface area (Å²) >= 11 is 4.63. The third-order valence-corrected chi connectivity index (χ3v) is 1.92. The molecule has 0 aliphatic rings. The Hall–Kier alpha value is -1.82. The summed E-state index contributed by atoms with van der Waals surface area (Å²) in [5.41, 5.74) is 5.91. The van der Waals surface area contributed by atoms with Gasteiger partial charge in [0.25, 0.3) is 0 Å². The van der Waals surface area contributed by atoms with Gasteiger partial charge in [0.2, 0.25) is 0 Å². The smallest absolute Gasteiger partial charge is 0.319 e. The molecule has 5 nitrogen and oxygen atoms in total. The third-order valence-electron chi connectivity index (χ3n) is 1.77. The number of urea groups is 1. The first-order valence-electron chi connectivity index (χ1n) is 4.59. The molecule has 0 saturated heterocycles. The SMILES string of the molecule is COc1ccc(NC(=O)NCC(N)=S)cc1. The molecule has 6 heteroatoms. The van der Waals surface area contributed by atoms with Crippen LogP contribution < -0.4 is 21.1 Å². The fourth-order valence-corrected chi connectivity index (χ4v) is 1.09. The molecule has 0 spiro atoms. The first-order chi connectivity index (χ1) is 7.61. The summed E-state index contributed by atoms with van der Waals surface area (Å²) in [7, 11) is 1.58. The van der Waals surface area contributed by atoms with Crippen molar-refractivity contribution in [3.05, 3.63) is 24.3 Å². The van der Waals surface area contributed by atoms with Crippen LogP contribution in [0.25, 0.3) is 0 Å². The maximum atomic E-state index is 11.3. The average Bonchev–Trinajstić information content (AvgIpc) is 2.27. The normalized spacial score (nSPS) is 9.31. The number of hydrogen-bond donors (Lipinski definition) is 3. The van der Waals surface area contributed by atoms with Gasteiger partial charge in [-0.25, -0.2) is 4.79 Å². The van der Waals surface area contributed by atoms with Crippen LogP contribution in [0.15, 0.2) is 24.3 Å². The lowest BCUT2D eigenvalue weighted by molar-refractivity contribution is 0.253. The quantitative estimate of drug-likeness (QED) is 0.688. The highest BCUT2D eigenvalue weighted by molar-refractivity contribution is 7.80. The number of ether oxygens (including phenoxy) is 1. The van der Waals surface area contributed by atoms with Crippen molar-refractivity contribution >= 4 is 28.9 Å². The minimum absolute atomic E-state index is 0.178. The van der Waals surface area contributed by atoms with E-state index >= 15 is 0 Å². The molecule has 0 aromatic heterocycles. The fourth-order valence-electron chi connectivity index (χ4n) is 1.02. The molecular weight excluding hydrogens is 226 g/mol. The van der Waals surface area contributed by atoms with Crippen molar-refractivity contribution in [2.24, 2.45) is 5.73 Å². The first-order valence-corrected chi connectivity index (χ1v) is 5.00. The topological polar surface area (TPSA) is 76.4 Å². The van der Waals surface area contributed by atoms with Crippen LogP contribution in [0.3, 0.4) is 0 Å². The van der Waals surface area contributed by atoms with Crippen LogP contribution in [0.1, 0.15) is 0 Å². The Morgan fingerprint density at radius 2 is 2.06 bits per heavy atom. The van der Waals surface area contributed by atoms with Gasteiger partial charge in [0.1, 0.15) is 5.75 Å². The average molecular weight is 239 g/mol. The second-order valence-corrected chi connectivity index (χ2v) is 3.53. The Kier molecular flexibility index (Phi) is 4.53. The van der Waals surface area contributed by atoms with E-state index in [1.807, 2.05) is 0 Å². The van der Waals surface area contributed by atoms with Crippen LogP contribution in [0.4, 0.5) is 10.5 Å². The van der Waals surface area contributed by atoms with Crippen molar-refractivity contribution in [2.75, 3.05) is 19.0 Å². The number of anilines is 1. The Bertz CT molecular complexity index is 378. The van der Waals surface area contributed by atoms with Crippen LogP contribution in [-0.2, 0) is 0 Å². The van der Waals surface area contributed by atoms with Gasteiger partial charge in [0.15, 0.2) is 0 Å². The van der Waals surface area contributed by atoms with Crippen LogP contribution in [0, 0.1) is 0 Å². The van der Waals surface area contributed by atoms with E-state index in [1.165, 1.54) is 0 Å². The molecule has 2 amide bonds. The Morgan fingerprint density at radius 3 is 2.56 bits per heavy atom. The molecule has 0 unspecified atom stereocenters. The van der Waals surface area contributed by atoms with Gasteiger partial charge in [0.05, 0.1) is 18.6 Å². The molecule has 4 N–H and O–H groups in total. The van der Waals surface area contributed by atoms with Gasteiger partial charge in [-0.05, 0) is 24.3 Å². The number of carbonyl (C=O) groups excluding carboxylic acids is 1. The first kappa shape index (κ1) is 12.3. The molecule has 86 valence electrons. The Balaban J connectivity index is 2.46. The minimum atomic E-state index is -0.349. The van der Waals surface area contributed by atoms with Gasteiger partial charge in [-0.3, -0.25) is 0 Å². The zero-order valence-electron chi connectivity index (χ0n) is 8.82. The van der Waals surface area contributed by atoms with E-state index in [2.05, 4.69) is 22.9 Å². The van der Waals surface area contributed by atoms with Crippen LogP contribution in [-0.4, -0.2) is 24.7 Å². The van der Waals surface area contributed by atoms with E-state index in [4.69, 9.17) is 10.5 Å². The molecule has 0 heterocycles. The molecule has 16 heavy (non-hydrogen) atoms. The molecule has 1 aromatic rings. The van der Waals surface area contributed by atoms with Crippen molar-refractivity contribution in [3.8, 4) is 5.75 Å². The van der Waals surface area contributed by atoms with E-state index < -0.39 is 0 Å². The lowest BCUT2D eigenvalue weighted by Gasteiger charge is -2.07. The summed E-state index contributed by atoms with van der Waals surface area (Å²) in [6.45, 7) is 0.178. The van der Waals surface area contributed by atoms with Crippen LogP contribution in [0.5, 0.6) is 5.75 Å². The summed E-state index contributed by atoms with van der Waals surface area (Å²) in [4.78, 5) is 11.5. The van der Waals surface area contributed by atoms with Crippen LogP contribution in [0.2, 0.25) is 0 Å². The summed E-state index contributed by atoms with van der Waals surface area (Å²) < 4.78 is 4.99. The summed E-state index contributed by atoms with van der Waals surface area (Å²) in [5.74, 6) is 0.731. The van der Waals surface area contributed by atoms with E-state index in [1.54, 1.807) is 31.4 Å². The lowest BCUT2D eigenvalue weighted by Crippen LogP contribution is -2.35. The van der Waals surface area contributed by atoms with Gasteiger partial charge in [-0.2, -0.15) is 0 Å². The van der Waals surface area contributed by atoms with Crippen molar-refractivity contribution in [1.82, 2.24) is 5.32 Å². The van der Waals surface area contributed by atoms with Gasteiger partial charge >= 0.3 is 6.03 Å². The van der Waals surface area contributed by atoms with Crippen molar-refractivity contribution in [2.45, 2.75) is 0 Å². The molecule has 1 rings (SSSR count). The molecule has 0 bridgehead atoms. The van der Waals surface area contributed by atoms with E-state index in [9.17, 15) is 4.79 Å². The highest BCUT2D eigenvalue weighted by Gasteiger charge is 2.01. The number of nitrogens with two attached hydrogens (primary N) is 1. The molecule has 1 aromatic carbocycles. The maximum Gasteiger partial charge on any atom is 0.319 e. The number of nitrogens with one attached hydrogen (secondary N) is 2. The van der Waals surface area contributed by atoms with Gasteiger partial charge in [0, 0.05) is 5.69 Å². The molecule has 0 aliphatic carbocycles. The number of thiocarbonyl (C=S) groups is 1. The number of hydrogen-bond acceptors (Lipinski definition) is 3. The molecule has 0 atom stereocenters. The van der Waals surface area contributed by atoms with E-state index in [-0.39, 0.29) is 17.6 Å². The lowest BCUT2D eigenvalue weighted by atomic mass is 10.3. The van der Waals surface area contributed by atoms with E-state index in [0.717, 1.165) is 5.75 Å². The second kappa shape index (κ2) is 5.92. The summed E-state index contributed by atoms with van der Waals surface area (Å²) in [6, 6.07) is 6.63. The summed E-state index contributed by atoms with van der Waals surface area (Å²) in [6.07, 6.45) is 0. The van der Waals surface area contributed by atoms with Crippen molar-refractivity contribution < 1.29 is 9.53 Å². The molecule has 0 fully saturated rings. The predicted octanol–water partition coefficient (Wildman–Crippen LogP) is 1.10. The monoisotopic (exact) mass is 239 g/mol. The zero-order valence-corrected chi connectivity index (χ0v) is 9.64. The second-order valence-electron chi connectivity index (χ2n) is 3.00. The molecular formula is C10H13N3O2S. The summed E-state index contributed by atoms with van der Waals surface area (Å²) in [5, 5.41) is 5.14. The number of carbonyl (C=O) groups is 1. The molecule has 0 radical (unpaired) electrons. The fraction of sp³-hybridized carbons (Fsp3) is 0.200. The minimum Gasteiger partial charge on any atom is -0.497 e. The largest absolute Gasteiger partial charge is 0.497 e. The third kappa shape index (κ3) is 4.14. The standard InChI is InChI=1S/C10H13N3O2S/c1-15-8-4-2-7(3-5-8)13-10(14)12-6-9(11)16/h2-5H,6H2,1H3,(H2,11,16)(H2,12,13,14). The maximum absolute atomic E-state index is 11.3. The van der Waals surface area contributed by atoms with E-state index in [0.29, 0.717) is 5.69 Å². The predicted molar refractivity (Wildman–Crippen MR) is 66.8 cm³/mol. The van der Waals surface area contributed by atoms with Crippen LogP contribution >= 0.6 is 12.2 Å². The number of rotatable bonds is 4. The number of benzene rings is 1.